The molecule has 162 valence electrons. The van der Waals surface area contributed by atoms with Crippen molar-refractivity contribution in [1.29, 1.82) is 0 Å². The van der Waals surface area contributed by atoms with E-state index < -0.39 is 34.1 Å². The maximum Gasteiger partial charge on any atom is 0.422 e. The first kappa shape index (κ1) is 21.9. The minimum Gasteiger partial charge on any atom is -0.484 e. The molecule has 1 spiro atoms. The van der Waals surface area contributed by atoms with Gasteiger partial charge in [0, 0.05) is 11.4 Å². The molecule has 3 rings (SSSR count). The summed E-state index contributed by atoms with van der Waals surface area (Å²) in [5.41, 5.74) is -0.0365. The van der Waals surface area contributed by atoms with Crippen molar-refractivity contribution in [3.63, 3.8) is 0 Å². The van der Waals surface area contributed by atoms with Crippen molar-refractivity contribution in [3.05, 3.63) is 24.3 Å². The Morgan fingerprint density at radius 1 is 1.14 bits per heavy atom. The van der Waals surface area contributed by atoms with Crippen LogP contribution in [-0.2, 0) is 14.6 Å². The third-order valence-electron chi connectivity index (χ3n) is 5.88. The summed E-state index contributed by atoms with van der Waals surface area (Å²) in [6, 6.07) is 5.35. The summed E-state index contributed by atoms with van der Waals surface area (Å²) in [7, 11) is -3.30. The Morgan fingerprint density at radius 3 is 2.31 bits per heavy atom. The molecule has 1 saturated heterocycles. The van der Waals surface area contributed by atoms with E-state index in [0.717, 1.165) is 32.1 Å². The number of hydrogen-bond acceptors (Lipinski definition) is 4. The fourth-order valence-electron chi connectivity index (χ4n) is 4.44. The number of carbonyl (C=O) groups excluding carboxylic acids is 1. The minimum absolute atomic E-state index is 0.00273. The highest BCUT2D eigenvalue weighted by Crippen LogP contribution is 2.49. The van der Waals surface area contributed by atoms with Crippen molar-refractivity contribution < 1.29 is 31.1 Å². The second-order valence-corrected chi connectivity index (χ2v) is 10.4. The van der Waals surface area contributed by atoms with Gasteiger partial charge in [-0.15, -0.1) is 0 Å². The average molecular weight is 433 g/mol. The van der Waals surface area contributed by atoms with Crippen molar-refractivity contribution in [2.45, 2.75) is 57.7 Å². The van der Waals surface area contributed by atoms with Crippen LogP contribution in [0.25, 0.3) is 0 Å². The monoisotopic (exact) mass is 433 g/mol. The van der Waals surface area contributed by atoms with E-state index in [-0.39, 0.29) is 23.2 Å². The summed E-state index contributed by atoms with van der Waals surface area (Å²) in [5, 5.41) is 0. The fourth-order valence-corrected chi connectivity index (χ4v) is 5.53. The normalized spacial score (nSPS) is 22.3. The maximum absolute atomic E-state index is 13.4. The lowest BCUT2D eigenvalue weighted by Gasteiger charge is -2.31. The van der Waals surface area contributed by atoms with Crippen molar-refractivity contribution >= 4 is 21.4 Å². The molecule has 1 atom stereocenters. The lowest BCUT2D eigenvalue weighted by atomic mass is 9.72. The number of nitrogens with zero attached hydrogens (tertiary/aromatic N) is 1. The van der Waals surface area contributed by atoms with Gasteiger partial charge in [0.15, 0.2) is 16.4 Å². The molecule has 1 aliphatic carbocycles. The summed E-state index contributed by atoms with van der Waals surface area (Å²) in [4.78, 5) is 14.9. The smallest absolute Gasteiger partial charge is 0.422 e. The second-order valence-electron chi connectivity index (χ2n) is 7.97. The molecule has 1 amide bonds. The Hall–Kier alpha value is -1.77. The lowest BCUT2D eigenvalue weighted by molar-refractivity contribution is -0.153. The predicted octanol–water partition coefficient (Wildman–Crippen LogP) is 4.12. The lowest BCUT2D eigenvalue weighted by Crippen LogP contribution is -2.40. The Labute approximate surface area is 169 Å². The molecule has 2 aliphatic rings. The quantitative estimate of drug-likeness (QED) is 0.677. The predicted molar refractivity (Wildman–Crippen MR) is 104 cm³/mol. The first-order valence-corrected chi connectivity index (χ1v) is 11.7. The van der Waals surface area contributed by atoms with Gasteiger partial charge in [-0.05, 0) is 43.5 Å². The number of alkyl halides is 3. The molecule has 1 aliphatic heterocycles. The molecule has 1 aromatic carbocycles. The molecule has 0 radical (unpaired) electrons. The fraction of sp³-hybridized carbons (Fsp3) is 0.650. The molecular formula is C20H26F3NO4S. The van der Waals surface area contributed by atoms with E-state index in [0.29, 0.717) is 12.1 Å². The van der Waals surface area contributed by atoms with Crippen molar-refractivity contribution in [3.8, 4) is 5.75 Å². The van der Waals surface area contributed by atoms with E-state index in [1.807, 2.05) is 0 Å². The summed E-state index contributed by atoms with van der Waals surface area (Å²) in [6.07, 6.45) is 0.510. The molecule has 1 unspecified atom stereocenters. The number of halogens is 3. The van der Waals surface area contributed by atoms with E-state index >= 15 is 0 Å². The van der Waals surface area contributed by atoms with Crippen LogP contribution in [0.3, 0.4) is 0 Å². The van der Waals surface area contributed by atoms with Crippen LogP contribution in [-0.4, -0.2) is 44.7 Å². The molecule has 1 heterocycles. The molecule has 9 heteroatoms. The van der Waals surface area contributed by atoms with E-state index in [4.69, 9.17) is 4.74 Å². The summed E-state index contributed by atoms with van der Waals surface area (Å²) in [5.74, 6) is -0.133. The Balaban J connectivity index is 1.85. The topological polar surface area (TPSA) is 63.7 Å². The highest BCUT2D eigenvalue weighted by atomic mass is 32.2. The molecule has 0 bridgehead atoms. The van der Waals surface area contributed by atoms with Crippen LogP contribution in [0, 0.1) is 5.41 Å². The zero-order valence-corrected chi connectivity index (χ0v) is 17.2. The molecule has 5 nitrogen and oxygen atoms in total. The van der Waals surface area contributed by atoms with Crippen molar-refractivity contribution in [1.82, 2.24) is 0 Å². The number of carbonyl (C=O) groups is 1. The number of hydrogen-bond donors (Lipinski definition) is 0. The standard InChI is InChI=1S/C20H26F3NO4S/c1-2-29(26,27)13-16-12-19(10-4-3-5-11-19)18(25)24(16)15-6-8-17(9-7-15)28-14-20(21,22)23/h6-9,16H,2-5,10-14H2,1H3. The molecule has 29 heavy (non-hydrogen) atoms. The Morgan fingerprint density at radius 2 is 1.76 bits per heavy atom. The first-order chi connectivity index (χ1) is 13.6. The number of rotatable bonds is 6. The molecule has 0 N–H and O–H groups in total. The van der Waals surface area contributed by atoms with E-state index in [1.54, 1.807) is 11.8 Å². The summed E-state index contributed by atoms with van der Waals surface area (Å²) >= 11 is 0. The molecular weight excluding hydrogens is 407 g/mol. The van der Waals surface area contributed by atoms with Gasteiger partial charge < -0.3 is 9.64 Å². The van der Waals surface area contributed by atoms with Gasteiger partial charge in [-0.3, -0.25) is 4.79 Å². The first-order valence-electron chi connectivity index (χ1n) is 9.89. The van der Waals surface area contributed by atoms with Crippen LogP contribution in [0.5, 0.6) is 5.75 Å². The third-order valence-corrected chi connectivity index (χ3v) is 7.65. The summed E-state index contributed by atoms with van der Waals surface area (Å²) < 4.78 is 66.3. The van der Waals surface area contributed by atoms with Crippen LogP contribution in [0.15, 0.2) is 24.3 Å². The van der Waals surface area contributed by atoms with Gasteiger partial charge in [-0.1, -0.05) is 26.2 Å². The number of anilines is 1. The molecule has 1 aromatic rings. The van der Waals surface area contributed by atoms with Crippen LogP contribution in [0.1, 0.15) is 45.4 Å². The van der Waals surface area contributed by atoms with Crippen molar-refractivity contribution in [2.75, 3.05) is 23.0 Å². The van der Waals surface area contributed by atoms with Crippen LogP contribution >= 0.6 is 0 Å². The summed E-state index contributed by atoms with van der Waals surface area (Å²) in [6.45, 7) is 0.190. The van der Waals surface area contributed by atoms with Crippen LogP contribution in [0.2, 0.25) is 0 Å². The van der Waals surface area contributed by atoms with Gasteiger partial charge in [-0.25, -0.2) is 8.42 Å². The Kier molecular flexibility index (Phi) is 6.17. The van der Waals surface area contributed by atoms with Crippen LogP contribution in [0.4, 0.5) is 18.9 Å². The van der Waals surface area contributed by atoms with E-state index in [2.05, 4.69) is 0 Å². The van der Waals surface area contributed by atoms with Crippen LogP contribution < -0.4 is 9.64 Å². The number of amides is 1. The van der Waals surface area contributed by atoms with E-state index in [1.165, 1.54) is 24.3 Å². The highest BCUT2D eigenvalue weighted by molar-refractivity contribution is 7.91. The molecule has 0 aromatic heterocycles. The number of ether oxygens (including phenoxy) is 1. The van der Waals surface area contributed by atoms with Gasteiger partial charge >= 0.3 is 6.18 Å². The van der Waals surface area contributed by atoms with E-state index in [9.17, 15) is 26.4 Å². The van der Waals surface area contributed by atoms with Gasteiger partial charge in [0.05, 0.1) is 17.2 Å². The largest absolute Gasteiger partial charge is 0.484 e. The van der Waals surface area contributed by atoms with Gasteiger partial charge in [0.25, 0.3) is 0 Å². The average Bonchev–Trinajstić information content (AvgIpc) is 2.91. The second kappa shape index (κ2) is 8.16. The van der Waals surface area contributed by atoms with Crippen molar-refractivity contribution in [2.24, 2.45) is 5.41 Å². The van der Waals surface area contributed by atoms with Gasteiger partial charge in [0.2, 0.25) is 5.91 Å². The third kappa shape index (κ3) is 5.05. The number of benzene rings is 1. The highest BCUT2D eigenvalue weighted by Gasteiger charge is 2.52. The zero-order valence-electron chi connectivity index (χ0n) is 16.4. The molecule has 2 fully saturated rings. The minimum atomic E-state index is -4.43. The molecule has 1 saturated carbocycles. The van der Waals surface area contributed by atoms with Gasteiger partial charge in [-0.2, -0.15) is 13.2 Å². The maximum atomic E-state index is 13.4. The SMILES string of the molecule is CCS(=O)(=O)CC1CC2(CCCCC2)C(=O)N1c1ccc(OCC(F)(F)F)cc1. The number of sulfone groups is 1. The van der Waals surface area contributed by atoms with Gasteiger partial charge in [0.1, 0.15) is 5.75 Å². The Bertz CT molecular complexity index is 830. The zero-order chi connectivity index (χ0) is 21.3.